The van der Waals surface area contributed by atoms with E-state index in [2.05, 4.69) is 30.4 Å². The van der Waals surface area contributed by atoms with E-state index >= 15 is 0 Å². The first-order chi connectivity index (χ1) is 8.03. The fourth-order valence-electron chi connectivity index (χ4n) is 1.24. The summed E-state index contributed by atoms with van der Waals surface area (Å²) >= 11 is 0. The Labute approximate surface area is 150 Å². The Kier molecular flexibility index (Phi) is 15.8. The van der Waals surface area contributed by atoms with Crippen molar-refractivity contribution in [3.63, 3.8) is 0 Å². The summed E-state index contributed by atoms with van der Waals surface area (Å²) in [6.45, 7) is 6.25. The van der Waals surface area contributed by atoms with Crippen molar-refractivity contribution in [2.75, 3.05) is 6.61 Å². The second kappa shape index (κ2) is 12.7. The molecule has 1 aliphatic carbocycles. The normalized spacial score (nSPS) is 11.9. The first-order valence-corrected chi connectivity index (χ1v) is 5.96. The molecule has 0 aliphatic heterocycles. The molecule has 0 heterocycles. The van der Waals surface area contributed by atoms with E-state index in [4.69, 9.17) is 5.11 Å². The van der Waals surface area contributed by atoms with Gasteiger partial charge in [0.05, 0.1) is 0 Å². The van der Waals surface area contributed by atoms with Gasteiger partial charge in [-0.05, 0) is 11.8 Å². The zero-order valence-corrected chi connectivity index (χ0v) is 15.2. The molecular weight excluding hydrogens is 327 g/mol. The van der Waals surface area contributed by atoms with E-state index in [1.807, 2.05) is 39.0 Å². The number of aliphatic hydroxyl groups excluding tert-OH is 1. The standard InChI is InChI=1S/C11H9.C5H12O.2ClH.Ti/c1-2-6-10(7-3-1)11-8-4-5-9-11;1-5(2,3)4-6;;;/h1-6,8H,9H2;6H,4H2,1-3H3;2*1H;/q-1;;;;+3/p-2. The summed E-state index contributed by atoms with van der Waals surface area (Å²) in [5.74, 6) is 0. The number of hydrogen-bond acceptors (Lipinski definition) is 1. The van der Waals surface area contributed by atoms with E-state index in [0.717, 1.165) is 6.42 Å². The Hall–Kier alpha value is -0.0457. The number of halogens is 2. The topological polar surface area (TPSA) is 20.2 Å². The van der Waals surface area contributed by atoms with Gasteiger partial charge in [0.15, 0.2) is 0 Å². The predicted molar refractivity (Wildman–Crippen MR) is 73.6 cm³/mol. The minimum absolute atomic E-state index is 0. The molecule has 1 aromatic rings. The number of rotatable bonds is 1. The molecule has 0 amide bonds. The van der Waals surface area contributed by atoms with E-state index in [0.29, 0.717) is 0 Å². The number of benzene rings is 1. The molecule has 0 fully saturated rings. The Morgan fingerprint density at radius 3 is 2.15 bits per heavy atom. The molecule has 109 valence electrons. The average molecular weight is 348 g/mol. The van der Waals surface area contributed by atoms with Gasteiger partial charge < -0.3 is 29.9 Å². The SMILES string of the molecule is CC(C)(C)CO.[Cl-].[Cl-].[Ti+3].[c-]1ccccc1C1=CC=CC1. The molecule has 1 radical (unpaired) electrons. The third kappa shape index (κ3) is 10.7. The predicted octanol–water partition coefficient (Wildman–Crippen LogP) is -2.14. The maximum absolute atomic E-state index is 8.40. The van der Waals surface area contributed by atoms with Gasteiger partial charge >= 0.3 is 21.7 Å². The van der Waals surface area contributed by atoms with Crippen LogP contribution in [0.15, 0.2) is 42.5 Å². The smallest absolute Gasteiger partial charge is 1.00 e. The van der Waals surface area contributed by atoms with Crippen LogP contribution in [0.2, 0.25) is 0 Å². The maximum atomic E-state index is 8.40. The van der Waals surface area contributed by atoms with Gasteiger partial charge in [-0.25, -0.2) is 0 Å². The molecule has 0 saturated carbocycles. The van der Waals surface area contributed by atoms with E-state index in [1.165, 1.54) is 11.1 Å². The molecule has 0 atom stereocenters. The molecule has 0 saturated heterocycles. The molecule has 1 aliphatic rings. The fraction of sp³-hybridized carbons (Fsp3) is 0.375. The summed E-state index contributed by atoms with van der Waals surface area (Å²) in [5, 5.41) is 8.40. The van der Waals surface area contributed by atoms with Gasteiger partial charge in [0.2, 0.25) is 0 Å². The minimum Gasteiger partial charge on any atom is -1.00 e. The van der Waals surface area contributed by atoms with Crippen molar-refractivity contribution in [3.8, 4) is 0 Å². The minimum atomic E-state index is 0. The van der Waals surface area contributed by atoms with Crippen LogP contribution >= 0.6 is 0 Å². The summed E-state index contributed by atoms with van der Waals surface area (Å²) in [7, 11) is 0. The molecule has 1 aromatic carbocycles. The first kappa shape index (κ1) is 24.9. The summed E-state index contributed by atoms with van der Waals surface area (Å²) in [4.78, 5) is 0. The average Bonchev–Trinajstić information content (AvgIpc) is 2.84. The van der Waals surface area contributed by atoms with Gasteiger partial charge in [0, 0.05) is 6.61 Å². The summed E-state index contributed by atoms with van der Waals surface area (Å²) in [6.07, 6.45) is 7.46. The summed E-state index contributed by atoms with van der Waals surface area (Å²) in [6, 6.07) is 11.3. The van der Waals surface area contributed by atoms with Crippen LogP contribution < -0.4 is 24.8 Å². The van der Waals surface area contributed by atoms with Crippen LogP contribution in [0.4, 0.5) is 0 Å². The van der Waals surface area contributed by atoms with E-state index in [9.17, 15) is 0 Å². The van der Waals surface area contributed by atoms with Gasteiger partial charge in [-0.3, -0.25) is 0 Å². The molecule has 0 aromatic heterocycles. The zero-order valence-electron chi connectivity index (χ0n) is 12.2. The molecule has 2 rings (SSSR count). The van der Waals surface area contributed by atoms with Crippen LogP contribution in [0.25, 0.3) is 5.57 Å². The molecule has 4 heteroatoms. The van der Waals surface area contributed by atoms with Crippen LogP contribution in [-0.2, 0) is 21.7 Å². The Bertz CT molecular complexity index is 395. The van der Waals surface area contributed by atoms with Crippen molar-refractivity contribution in [2.24, 2.45) is 5.41 Å². The molecule has 20 heavy (non-hydrogen) atoms. The summed E-state index contributed by atoms with van der Waals surface area (Å²) in [5.41, 5.74) is 2.68. The van der Waals surface area contributed by atoms with Gasteiger partial charge in [0.25, 0.3) is 0 Å². The molecule has 0 bridgehead atoms. The fourth-order valence-corrected chi connectivity index (χ4v) is 1.24. The van der Waals surface area contributed by atoms with E-state index in [-0.39, 0.29) is 58.6 Å². The van der Waals surface area contributed by atoms with Crippen LogP contribution in [0, 0.1) is 11.5 Å². The van der Waals surface area contributed by atoms with Crippen LogP contribution in [0.3, 0.4) is 0 Å². The molecular formula is C16H21Cl2OTi. The van der Waals surface area contributed by atoms with Crippen LogP contribution in [0.5, 0.6) is 0 Å². The monoisotopic (exact) mass is 347 g/mol. The third-order valence-electron chi connectivity index (χ3n) is 2.30. The van der Waals surface area contributed by atoms with Crippen LogP contribution in [0.1, 0.15) is 32.8 Å². The second-order valence-electron chi connectivity index (χ2n) is 5.32. The third-order valence-corrected chi connectivity index (χ3v) is 2.30. The largest absolute Gasteiger partial charge is 3.00 e. The Morgan fingerprint density at radius 2 is 1.80 bits per heavy atom. The van der Waals surface area contributed by atoms with E-state index < -0.39 is 0 Å². The van der Waals surface area contributed by atoms with Crippen molar-refractivity contribution >= 4 is 5.57 Å². The van der Waals surface area contributed by atoms with Crippen molar-refractivity contribution in [3.05, 3.63) is 54.1 Å². The van der Waals surface area contributed by atoms with Gasteiger partial charge in [0.1, 0.15) is 0 Å². The quantitative estimate of drug-likeness (QED) is 0.454. The number of aliphatic hydroxyl groups is 1. The van der Waals surface area contributed by atoms with Crippen molar-refractivity contribution in [2.45, 2.75) is 27.2 Å². The maximum Gasteiger partial charge on any atom is 3.00 e. The van der Waals surface area contributed by atoms with Gasteiger partial charge in [-0.2, -0.15) is 0 Å². The summed E-state index contributed by atoms with van der Waals surface area (Å²) < 4.78 is 0. The second-order valence-corrected chi connectivity index (χ2v) is 5.32. The number of hydrogen-bond donors (Lipinski definition) is 1. The molecule has 0 spiro atoms. The Morgan fingerprint density at radius 1 is 1.20 bits per heavy atom. The molecule has 0 unspecified atom stereocenters. The first-order valence-electron chi connectivity index (χ1n) is 5.96. The zero-order chi connectivity index (χ0) is 12.7. The molecule has 1 N–H and O–H groups in total. The van der Waals surface area contributed by atoms with Crippen molar-refractivity contribution in [1.29, 1.82) is 0 Å². The van der Waals surface area contributed by atoms with Crippen molar-refractivity contribution in [1.82, 2.24) is 0 Å². The van der Waals surface area contributed by atoms with Gasteiger partial charge in [-0.1, -0.05) is 32.9 Å². The number of allylic oxidation sites excluding steroid dienone is 4. The van der Waals surface area contributed by atoms with E-state index in [1.54, 1.807) is 0 Å². The Balaban J connectivity index is -0.000000287. The van der Waals surface area contributed by atoms with Crippen LogP contribution in [-0.4, -0.2) is 11.7 Å². The molecule has 1 nitrogen and oxygen atoms in total. The van der Waals surface area contributed by atoms with Crippen molar-refractivity contribution < 1.29 is 51.6 Å². The van der Waals surface area contributed by atoms with Gasteiger partial charge in [-0.15, -0.1) is 47.5 Å².